The highest BCUT2D eigenvalue weighted by atomic mass is 32.2. The number of carbonyl (C=O) groups excluding carboxylic acids is 1. The Morgan fingerprint density at radius 2 is 1.59 bits per heavy atom. The minimum Gasteiger partial charge on any atom is -0.437 e. The topological polar surface area (TPSA) is 108 Å². The van der Waals surface area contributed by atoms with E-state index in [1.165, 1.54) is 10.6 Å². The van der Waals surface area contributed by atoms with Gasteiger partial charge in [0.05, 0.1) is 25.1 Å². The van der Waals surface area contributed by atoms with Crippen molar-refractivity contribution in [1.82, 2.24) is 4.31 Å². The van der Waals surface area contributed by atoms with Crippen molar-refractivity contribution < 1.29 is 27.4 Å². The quantitative estimate of drug-likeness (QED) is 0.300. The van der Waals surface area contributed by atoms with Gasteiger partial charge in [-0.1, -0.05) is 34.6 Å². The molecule has 0 spiro atoms. The molecular formula is C20H42N2O6S. The monoisotopic (exact) mass is 438 g/mol. The first-order valence-electron chi connectivity index (χ1n) is 10.0. The highest BCUT2D eigenvalue weighted by Gasteiger charge is 2.34. The van der Waals surface area contributed by atoms with E-state index in [2.05, 4.69) is 0 Å². The first-order chi connectivity index (χ1) is 12.9. The molecule has 0 saturated heterocycles. The predicted molar refractivity (Wildman–Crippen MR) is 115 cm³/mol. The minimum atomic E-state index is -3.46. The third kappa shape index (κ3) is 10.7. The molecule has 0 bridgehead atoms. The number of hydrogen-bond donors (Lipinski definition) is 1. The Morgan fingerprint density at radius 3 is 1.97 bits per heavy atom. The molecule has 0 aliphatic carbocycles. The zero-order valence-electron chi connectivity index (χ0n) is 19.8. The lowest BCUT2D eigenvalue weighted by molar-refractivity contribution is -0.165. The predicted octanol–water partition coefficient (Wildman–Crippen LogP) is 2.37. The SMILES string of the molecule is CC(C)[C@@H](N)C(=O)OCOC[C@H](CN(C(C)(C)C)S(C)(=O)=O)O[C@@H](C)C(C)(C)C. The number of sulfonamides is 1. The lowest BCUT2D eigenvalue weighted by Crippen LogP contribution is -2.51. The maximum atomic E-state index is 12.3. The van der Waals surface area contributed by atoms with Gasteiger partial charge in [-0.3, -0.25) is 4.79 Å². The standard InChI is InChI=1S/C20H42N2O6S/c1-14(2)17(21)18(23)27-13-26-12-16(28-15(3)19(4,5)6)11-22(20(7,8)9)29(10,24)25/h14-17H,11-13,21H2,1-10H3/t15-,16-,17+/m0/s1. The average Bonchev–Trinajstić information content (AvgIpc) is 2.51. The van der Waals surface area contributed by atoms with E-state index in [4.69, 9.17) is 19.9 Å². The van der Waals surface area contributed by atoms with Gasteiger partial charge in [-0.15, -0.1) is 0 Å². The van der Waals surface area contributed by atoms with Gasteiger partial charge in [-0.05, 0) is 39.0 Å². The van der Waals surface area contributed by atoms with E-state index in [1.807, 2.05) is 62.3 Å². The summed E-state index contributed by atoms with van der Waals surface area (Å²) < 4.78 is 42.7. The largest absolute Gasteiger partial charge is 0.437 e. The fraction of sp³-hybridized carbons (Fsp3) is 0.950. The van der Waals surface area contributed by atoms with Crippen molar-refractivity contribution in [3.05, 3.63) is 0 Å². The van der Waals surface area contributed by atoms with E-state index >= 15 is 0 Å². The Morgan fingerprint density at radius 1 is 1.07 bits per heavy atom. The molecule has 174 valence electrons. The molecule has 2 N–H and O–H groups in total. The first kappa shape index (κ1) is 28.3. The van der Waals surface area contributed by atoms with Crippen molar-refractivity contribution in [2.45, 2.75) is 86.1 Å². The van der Waals surface area contributed by atoms with E-state index in [0.717, 1.165) is 0 Å². The number of hydrogen-bond acceptors (Lipinski definition) is 7. The summed E-state index contributed by atoms with van der Waals surface area (Å²) >= 11 is 0. The molecular weight excluding hydrogens is 396 g/mol. The molecule has 8 nitrogen and oxygen atoms in total. The fourth-order valence-corrected chi connectivity index (χ4v) is 3.80. The second-order valence-electron chi connectivity index (χ2n) is 9.95. The molecule has 0 aliphatic heterocycles. The lowest BCUT2D eigenvalue weighted by atomic mass is 9.90. The van der Waals surface area contributed by atoms with Crippen molar-refractivity contribution >= 4 is 16.0 Å². The summed E-state index contributed by atoms with van der Waals surface area (Å²) in [7, 11) is -3.46. The normalized spacial score (nSPS) is 16.7. The van der Waals surface area contributed by atoms with Crippen LogP contribution >= 0.6 is 0 Å². The van der Waals surface area contributed by atoms with Crippen molar-refractivity contribution in [3.8, 4) is 0 Å². The van der Waals surface area contributed by atoms with Gasteiger partial charge in [0.25, 0.3) is 0 Å². The van der Waals surface area contributed by atoms with Crippen LogP contribution in [0.2, 0.25) is 0 Å². The van der Waals surface area contributed by atoms with Crippen LogP contribution in [0.5, 0.6) is 0 Å². The number of nitrogens with two attached hydrogens (primary N) is 1. The Hall–Kier alpha value is -0.740. The molecule has 0 aliphatic rings. The van der Waals surface area contributed by atoms with Crippen LogP contribution in [-0.2, 0) is 29.0 Å². The zero-order chi connectivity index (χ0) is 23.2. The van der Waals surface area contributed by atoms with Gasteiger partial charge in [0.2, 0.25) is 10.0 Å². The van der Waals surface area contributed by atoms with Crippen LogP contribution in [0.15, 0.2) is 0 Å². The Balaban J connectivity index is 5.14. The van der Waals surface area contributed by atoms with Crippen LogP contribution in [0.25, 0.3) is 0 Å². The number of ether oxygens (including phenoxy) is 3. The van der Waals surface area contributed by atoms with Crippen molar-refractivity contribution in [1.29, 1.82) is 0 Å². The first-order valence-corrected chi connectivity index (χ1v) is 11.9. The van der Waals surface area contributed by atoms with Gasteiger partial charge in [0, 0.05) is 12.1 Å². The maximum absolute atomic E-state index is 12.3. The number of carbonyl (C=O) groups is 1. The summed E-state index contributed by atoms with van der Waals surface area (Å²) in [6.45, 7) is 17.2. The van der Waals surface area contributed by atoms with E-state index in [9.17, 15) is 13.2 Å². The summed E-state index contributed by atoms with van der Waals surface area (Å²) in [4.78, 5) is 11.8. The number of nitrogens with zero attached hydrogens (tertiary/aromatic N) is 1. The van der Waals surface area contributed by atoms with Gasteiger partial charge < -0.3 is 19.9 Å². The molecule has 0 aromatic rings. The molecule has 0 radical (unpaired) electrons. The average molecular weight is 439 g/mol. The van der Waals surface area contributed by atoms with E-state index in [0.29, 0.717) is 0 Å². The highest BCUT2D eigenvalue weighted by molar-refractivity contribution is 7.88. The van der Waals surface area contributed by atoms with Crippen molar-refractivity contribution in [2.24, 2.45) is 17.1 Å². The van der Waals surface area contributed by atoms with E-state index < -0.39 is 33.7 Å². The van der Waals surface area contributed by atoms with Gasteiger partial charge >= 0.3 is 5.97 Å². The Kier molecular flexibility index (Phi) is 10.8. The second kappa shape index (κ2) is 11.0. The van der Waals surface area contributed by atoms with Crippen molar-refractivity contribution in [3.63, 3.8) is 0 Å². The van der Waals surface area contributed by atoms with Crippen molar-refractivity contribution in [2.75, 3.05) is 26.2 Å². The maximum Gasteiger partial charge on any atom is 0.325 e. The molecule has 0 heterocycles. The number of esters is 1. The fourth-order valence-electron chi connectivity index (χ4n) is 2.37. The summed E-state index contributed by atoms with van der Waals surface area (Å²) in [5, 5.41) is 0. The Bertz CT molecular complexity index is 607. The van der Waals surface area contributed by atoms with Crippen LogP contribution in [0.4, 0.5) is 0 Å². The van der Waals surface area contributed by atoms with Gasteiger partial charge in [-0.25, -0.2) is 8.42 Å². The number of rotatable bonds is 11. The summed E-state index contributed by atoms with van der Waals surface area (Å²) in [5.41, 5.74) is 5.00. The van der Waals surface area contributed by atoms with Crippen LogP contribution in [0, 0.1) is 11.3 Å². The third-order valence-corrected chi connectivity index (χ3v) is 6.21. The summed E-state index contributed by atoms with van der Waals surface area (Å²) in [6, 6.07) is -0.715. The third-order valence-electron chi connectivity index (χ3n) is 4.71. The molecule has 0 rings (SSSR count). The Labute approximate surface area is 177 Å². The molecule has 0 unspecified atom stereocenters. The minimum absolute atomic E-state index is 0.0404. The van der Waals surface area contributed by atoms with Crippen LogP contribution in [0.3, 0.4) is 0 Å². The molecule has 0 amide bonds. The smallest absolute Gasteiger partial charge is 0.325 e. The molecule has 0 fully saturated rings. The molecule has 0 aromatic carbocycles. The summed E-state index contributed by atoms with van der Waals surface area (Å²) in [5.74, 6) is -0.575. The van der Waals surface area contributed by atoms with Gasteiger partial charge in [0.1, 0.15) is 6.04 Å². The molecule has 9 heteroatoms. The van der Waals surface area contributed by atoms with Gasteiger partial charge in [0.15, 0.2) is 6.79 Å². The van der Waals surface area contributed by atoms with Crippen LogP contribution in [-0.4, -0.2) is 68.7 Å². The lowest BCUT2D eigenvalue weighted by Gasteiger charge is -2.38. The zero-order valence-corrected chi connectivity index (χ0v) is 20.6. The van der Waals surface area contributed by atoms with E-state index in [-0.39, 0.29) is 37.4 Å². The van der Waals surface area contributed by atoms with E-state index in [1.54, 1.807) is 0 Å². The molecule has 29 heavy (non-hydrogen) atoms. The molecule has 3 atom stereocenters. The second-order valence-corrected chi connectivity index (χ2v) is 11.9. The molecule has 0 aromatic heterocycles. The highest BCUT2D eigenvalue weighted by Crippen LogP contribution is 2.25. The molecule has 0 saturated carbocycles. The van der Waals surface area contributed by atoms with Crippen LogP contribution < -0.4 is 5.73 Å². The van der Waals surface area contributed by atoms with Crippen LogP contribution in [0.1, 0.15) is 62.3 Å². The van der Waals surface area contributed by atoms with Gasteiger partial charge in [-0.2, -0.15) is 4.31 Å². The summed E-state index contributed by atoms with van der Waals surface area (Å²) in [6.07, 6.45) is 0.503.